The zero-order valence-corrected chi connectivity index (χ0v) is 16.1. The summed E-state index contributed by atoms with van der Waals surface area (Å²) in [7, 11) is -2.32. The minimum atomic E-state index is -2.32. The average Bonchev–Trinajstić information content (AvgIpc) is 3.13. The van der Waals surface area contributed by atoms with Crippen LogP contribution in [0.2, 0.25) is 18.1 Å². The van der Waals surface area contributed by atoms with Gasteiger partial charge in [-0.2, -0.15) is 0 Å². The summed E-state index contributed by atoms with van der Waals surface area (Å²) in [5.74, 6) is -0.504. The van der Waals surface area contributed by atoms with Crippen molar-refractivity contribution in [2.24, 2.45) is 0 Å². The van der Waals surface area contributed by atoms with Crippen LogP contribution >= 0.6 is 0 Å². The number of carbonyl (C=O) groups is 1. The molecule has 0 aromatic carbocycles. The number of aliphatic hydroxyl groups is 2. The van der Waals surface area contributed by atoms with Gasteiger partial charge in [-0.15, -0.1) is 0 Å². The lowest BCUT2D eigenvalue weighted by molar-refractivity contribution is -0.176. The van der Waals surface area contributed by atoms with Gasteiger partial charge in [0.25, 0.3) is 0 Å². The first-order valence-electron chi connectivity index (χ1n) is 8.25. The SMILES string of the molecule is CC(C)OC(=O)[C@@]1(O[Si](C)(C)C(C)(C)C)C[C@@H](O)[C@H](O)[C@@H]2O[C@@H]21. The lowest BCUT2D eigenvalue weighted by Gasteiger charge is -2.46. The smallest absolute Gasteiger partial charge is 0.340 e. The molecule has 2 aliphatic rings. The van der Waals surface area contributed by atoms with Gasteiger partial charge >= 0.3 is 5.97 Å². The molecule has 1 saturated heterocycles. The van der Waals surface area contributed by atoms with E-state index in [1.54, 1.807) is 13.8 Å². The number of carbonyl (C=O) groups excluding carboxylic acids is 1. The van der Waals surface area contributed by atoms with Crippen LogP contribution in [-0.2, 0) is 18.7 Å². The van der Waals surface area contributed by atoms with Crippen molar-refractivity contribution >= 4 is 14.3 Å². The van der Waals surface area contributed by atoms with Gasteiger partial charge < -0.3 is 24.1 Å². The summed E-state index contributed by atoms with van der Waals surface area (Å²) >= 11 is 0. The van der Waals surface area contributed by atoms with E-state index < -0.39 is 44.3 Å². The Morgan fingerprint density at radius 1 is 1.30 bits per heavy atom. The Morgan fingerprint density at radius 2 is 1.87 bits per heavy atom. The standard InChI is InChI=1S/C16H30O6Si/c1-9(2)20-14(19)16(22-23(6,7)15(3,4)5)8-10(17)11(18)12-13(16)21-12/h9-13,17-18H,8H2,1-7H3/t10-,11+,12+,13+,16-/m1/s1. The number of esters is 1. The number of hydrogen-bond acceptors (Lipinski definition) is 6. The van der Waals surface area contributed by atoms with E-state index in [0.717, 1.165) is 0 Å². The molecule has 0 aromatic rings. The third-order valence-electron chi connectivity index (χ3n) is 5.16. The van der Waals surface area contributed by atoms with Crippen LogP contribution in [0.25, 0.3) is 0 Å². The lowest BCUT2D eigenvalue weighted by atomic mass is 9.81. The van der Waals surface area contributed by atoms with E-state index in [-0.39, 0.29) is 17.6 Å². The molecule has 0 spiro atoms. The van der Waals surface area contributed by atoms with Crippen molar-refractivity contribution in [3.8, 4) is 0 Å². The highest BCUT2D eigenvalue weighted by Crippen LogP contribution is 2.50. The van der Waals surface area contributed by atoms with Crippen molar-refractivity contribution in [2.75, 3.05) is 0 Å². The van der Waals surface area contributed by atoms with Crippen LogP contribution in [0.4, 0.5) is 0 Å². The zero-order valence-electron chi connectivity index (χ0n) is 15.1. The predicted molar refractivity (Wildman–Crippen MR) is 87.5 cm³/mol. The Morgan fingerprint density at radius 3 is 2.35 bits per heavy atom. The van der Waals surface area contributed by atoms with Gasteiger partial charge in [-0.1, -0.05) is 20.8 Å². The minimum Gasteiger partial charge on any atom is -0.461 e. The molecule has 2 fully saturated rings. The second-order valence-electron chi connectivity index (χ2n) is 8.49. The summed E-state index contributed by atoms with van der Waals surface area (Å²) in [6.45, 7) is 13.9. The topological polar surface area (TPSA) is 88.5 Å². The quantitative estimate of drug-likeness (QED) is 0.456. The number of hydrogen-bond donors (Lipinski definition) is 2. The normalized spacial score (nSPS) is 37.5. The third kappa shape index (κ3) is 3.35. The van der Waals surface area contributed by atoms with Crippen LogP contribution < -0.4 is 0 Å². The van der Waals surface area contributed by atoms with Gasteiger partial charge in [0.05, 0.1) is 12.2 Å². The van der Waals surface area contributed by atoms with Crippen LogP contribution in [0, 0.1) is 0 Å². The third-order valence-corrected chi connectivity index (χ3v) is 9.65. The molecule has 1 heterocycles. The second-order valence-corrected chi connectivity index (χ2v) is 13.2. The maximum atomic E-state index is 12.8. The fourth-order valence-corrected chi connectivity index (χ4v) is 4.29. The highest BCUT2D eigenvalue weighted by atomic mass is 28.4. The van der Waals surface area contributed by atoms with Gasteiger partial charge in [0.2, 0.25) is 0 Å². The monoisotopic (exact) mass is 346 g/mol. The second kappa shape index (κ2) is 5.81. The van der Waals surface area contributed by atoms with Crippen molar-refractivity contribution in [1.29, 1.82) is 0 Å². The molecular formula is C16H30O6Si. The van der Waals surface area contributed by atoms with E-state index in [1.807, 2.05) is 13.1 Å². The Labute approximate surface area is 139 Å². The summed E-state index contributed by atoms with van der Waals surface area (Å²) in [6, 6.07) is 0. The molecule has 1 aliphatic heterocycles. The van der Waals surface area contributed by atoms with Crippen LogP contribution in [0.5, 0.6) is 0 Å². The van der Waals surface area contributed by atoms with Gasteiger partial charge in [-0.05, 0) is 32.0 Å². The van der Waals surface area contributed by atoms with Crippen LogP contribution in [0.3, 0.4) is 0 Å². The van der Waals surface area contributed by atoms with Crippen molar-refractivity contribution in [3.63, 3.8) is 0 Å². The largest absolute Gasteiger partial charge is 0.461 e. The minimum absolute atomic E-state index is 0.00655. The van der Waals surface area contributed by atoms with E-state index in [2.05, 4.69) is 20.8 Å². The first kappa shape index (κ1) is 18.9. The Kier molecular flexibility index (Phi) is 4.76. The fraction of sp³-hybridized carbons (Fsp3) is 0.938. The van der Waals surface area contributed by atoms with E-state index in [1.165, 1.54) is 0 Å². The van der Waals surface area contributed by atoms with Crippen molar-refractivity contribution in [3.05, 3.63) is 0 Å². The number of aliphatic hydroxyl groups excluding tert-OH is 2. The first-order chi connectivity index (χ1) is 10.3. The van der Waals surface area contributed by atoms with Crippen molar-refractivity contribution < 1.29 is 28.9 Å². The van der Waals surface area contributed by atoms with Crippen LogP contribution in [0.15, 0.2) is 0 Å². The molecule has 0 unspecified atom stereocenters. The maximum absolute atomic E-state index is 12.8. The average molecular weight is 346 g/mol. The van der Waals surface area contributed by atoms with Gasteiger partial charge in [0.15, 0.2) is 13.9 Å². The predicted octanol–water partition coefficient (Wildman–Crippen LogP) is 1.59. The molecule has 0 radical (unpaired) electrons. The molecule has 2 N–H and O–H groups in total. The van der Waals surface area contributed by atoms with Gasteiger partial charge in [-0.3, -0.25) is 0 Å². The summed E-state index contributed by atoms with van der Waals surface area (Å²) in [5.41, 5.74) is -1.34. The molecule has 0 aromatic heterocycles. The van der Waals surface area contributed by atoms with E-state index >= 15 is 0 Å². The van der Waals surface area contributed by atoms with Gasteiger partial charge in [0, 0.05) is 6.42 Å². The highest BCUT2D eigenvalue weighted by molar-refractivity contribution is 6.74. The van der Waals surface area contributed by atoms with E-state index in [4.69, 9.17) is 13.9 Å². The maximum Gasteiger partial charge on any atom is 0.340 e. The molecule has 1 saturated carbocycles. The van der Waals surface area contributed by atoms with E-state index in [0.29, 0.717) is 0 Å². The molecule has 0 amide bonds. The summed E-state index contributed by atoms with van der Waals surface area (Å²) in [4.78, 5) is 12.8. The number of epoxide rings is 1. The molecule has 134 valence electrons. The van der Waals surface area contributed by atoms with Gasteiger partial charge in [-0.25, -0.2) is 4.79 Å². The van der Waals surface area contributed by atoms with Crippen LogP contribution in [-0.4, -0.2) is 60.6 Å². The molecule has 5 atom stereocenters. The Bertz CT molecular complexity index is 470. The molecule has 0 bridgehead atoms. The molecule has 23 heavy (non-hydrogen) atoms. The summed E-state index contributed by atoms with van der Waals surface area (Å²) in [5, 5.41) is 20.1. The molecule has 6 nitrogen and oxygen atoms in total. The van der Waals surface area contributed by atoms with E-state index in [9.17, 15) is 15.0 Å². The Balaban J connectivity index is 2.36. The summed E-state index contributed by atoms with van der Waals surface area (Å²) in [6.07, 6.45) is -3.47. The van der Waals surface area contributed by atoms with Crippen LogP contribution in [0.1, 0.15) is 41.0 Å². The number of fused-ring (bicyclic) bond motifs is 1. The Hall–Kier alpha value is -0.473. The lowest BCUT2D eigenvalue weighted by Crippen LogP contribution is -2.62. The molecule has 7 heteroatoms. The summed E-state index contributed by atoms with van der Waals surface area (Å²) < 4.78 is 17.4. The van der Waals surface area contributed by atoms with Gasteiger partial charge in [0.1, 0.15) is 18.3 Å². The zero-order chi connectivity index (χ0) is 17.8. The molecule has 1 aliphatic carbocycles. The van der Waals surface area contributed by atoms with Crippen molar-refractivity contribution in [2.45, 2.75) is 95.3 Å². The van der Waals surface area contributed by atoms with Crippen molar-refractivity contribution in [1.82, 2.24) is 0 Å². The number of ether oxygens (including phenoxy) is 2. The number of rotatable bonds is 4. The molecular weight excluding hydrogens is 316 g/mol. The molecule has 2 rings (SSSR count). The fourth-order valence-electron chi connectivity index (χ4n) is 2.79. The first-order valence-corrected chi connectivity index (χ1v) is 11.2. The highest BCUT2D eigenvalue weighted by Gasteiger charge is 2.70.